The molecule has 0 amide bonds. The van der Waals surface area contributed by atoms with Crippen LogP contribution in [0.4, 0.5) is 13.2 Å². The van der Waals surface area contributed by atoms with Crippen LogP contribution in [0.1, 0.15) is 5.56 Å². The number of carbonyl (C=O) groups is 2. The number of hydrogen-bond acceptors (Lipinski definition) is 2. The number of halogens is 3. The average Bonchev–Trinajstić information content (AvgIpc) is 2.18. The van der Waals surface area contributed by atoms with Crippen molar-refractivity contribution in [2.75, 3.05) is 0 Å². The molecule has 0 aromatic heterocycles. The van der Waals surface area contributed by atoms with Crippen LogP contribution in [-0.2, 0) is 16.0 Å². The molecule has 1 N–H and O–H groups in total. The number of rotatable bonds is 3. The molecule has 0 aliphatic carbocycles. The number of Topliss-reactive ketones (excluding diaryl/α,β-unsaturated/α-hetero) is 1. The summed E-state index contributed by atoms with van der Waals surface area (Å²) >= 11 is 0. The second-order valence-corrected chi connectivity index (χ2v) is 2.74. The van der Waals surface area contributed by atoms with E-state index in [9.17, 15) is 22.8 Å². The molecule has 80 valence electrons. The Labute approximate surface area is 82.1 Å². The van der Waals surface area contributed by atoms with Crippen LogP contribution in [0.15, 0.2) is 12.1 Å². The van der Waals surface area contributed by atoms with Gasteiger partial charge in [-0.15, -0.1) is 0 Å². The van der Waals surface area contributed by atoms with Crippen molar-refractivity contribution >= 4 is 11.8 Å². The molecule has 0 aliphatic rings. The number of carboxylic acid groups (broad SMARTS) is 1. The van der Waals surface area contributed by atoms with E-state index >= 15 is 0 Å². The van der Waals surface area contributed by atoms with E-state index in [2.05, 4.69) is 0 Å². The predicted octanol–water partition coefficient (Wildman–Crippen LogP) is 1.30. The molecule has 6 heteroatoms. The monoisotopic (exact) mass is 218 g/mol. The molecule has 0 aliphatic heterocycles. The Balaban J connectivity index is 3.02. The average molecular weight is 218 g/mol. The summed E-state index contributed by atoms with van der Waals surface area (Å²) in [5.41, 5.74) is -0.485. The summed E-state index contributed by atoms with van der Waals surface area (Å²) in [6.45, 7) is 0. The summed E-state index contributed by atoms with van der Waals surface area (Å²) < 4.78 is 38.0. The van der Waals surface area contributed by atoms with Crippen molar-refractivity contribution in [3.05, 3.63) is 35.1 Å². The minimum Gasteiger partial charge on any atom is -0.475 e. The van der Waals surface area contributed by atoms with Gasteiger partial charge in [-0.25, -0.2) is 18.0 Å². The highest BCUT2D eigenvalue weighted by molar-refractivity contribution is 6.33. The summed E-state index contributed by atoms with van der Waals surface area (Å²) in [6.07, 6.45) is -0.807. The lowest BCUT2D eigenvalue weighted by molar-refractivity contribution is -0.148. The first-order chi connectivity index (χ1) is 6.93. The Morgan fingerprint density at radius 2 is 1.73 bits per heavy atom. The van der Waals surface area contributed by atoms with Gasteiger partial charge in [-0.05, 0) is 11.6 Å². The van der Waals surface area contributed by atoms with Crippen LogP contribution in [0.5, 0.6) is 0 Å². The highest BCUT2D eigenvalue weighted by Crippen LogP contribution is 2.15. The van der Waals surface area contributed by atoms with Crippen LogP contribution in [0, 0.1) is 17.5 Å². The van der Waals surface area contributed by atoms with Crippen LogP contribution in [0.25, 0.3) is 0 Å². The van der Waals surface area contributed by atoms with Crippen molar-refractivity contribution in [3.8, 4) is 0 Å². The van der Waals surface area contributed by atoms with Crippen molar-refractivity contribution in [3.63, 3.8) is 0 Å². The third-order valence-corrected chi connectivity index (χ3v) is 1.70. The Hall–Kier alpha value is -1.85. The van der Waals surface area contributed by atoms with Gasteiger partial charge in [0.2, 0.25) is 5.78 Å². The molecule has 1 aromatic rings. The van der Waals surface area contributed by atoms with Crippen molar-refractivity contribution in [2.24, 2.45) is 0 Å². The summed E-state index contributed by atoms with van der Waals surface area (Å²) in [5.74, 6) is -7.69. The van der Waals surface area contributed by atoms with Crippen LogP contribution < -0.4 is 0 Å². The third-order valence-electron chi connectivity index (χ3n) is 1.70. The Morgan fingerprint density at radius 3 is 2.27 bits per heavy atom. The number of ketones is 1. The Morgan fingerprint density at radius 1 is 1.13 bits per heavy atom. The maximum atomic E-state index is 12.9. The minimum absolute atomic E-state index is 0.485. The SMILES string of the molecule is O=C(O)C(=O)Cc1ccc(F)c(F)c1F. The van der Waals surface area contributed by atoms with E-state index in [4.69, 9.17) is 5.11 Å². The standard InChI is InChI=1S/C9H5F3O3/c10-5-2-1-4(7(11)8(5)12)3-6(13)9(14)15/h1-2H,3H2,(H,14,15). The maximum absolute atomic E-state index is 12.9. The predicted molar refractivity (Wildman–Crippen MR) is 42.7 cm³/mol. The zero-order chi connectivity index (χ0) is 11.6. The molecule has 0 bridgehead atoms. The van der Waals surface area contributed by atoms with E-state index in [1.54, 1.807) is 0 Å². The number of benzene rings is 1. The molecule has 3 nitrogen and oxygen atoms in total. The Bertz CT molecular complexity index is 429. The van der Waals surface area contributed by atoms with E-state index in [0.717, 1.165) is 6.07 Å². The van der Waals surface area contributed by atoms with E-state index < -0.39 is 41.2 Å². The van der Waals surface area contributed by atoms with Crippen molar-refractivity contribution < 1.29 is 27.9 Å². The van der Waals surface area contributed by atoms with E-state index in [1.165, 1.54) is 0 Å². The fraction of sp³-hybridized carbons (Fsp3) is 0.111. The highest BCUT2D eigenvalue weighted by Gasteiger charge is 2.18. The molecule has 1 aromatic carbocycles. The second kappa shape index (κ2) is 4.12. The fourth-order valence-electron chi connectivity index (χ4n) is 0.951. The Kier molecular flexibility index (Phi) is 3.08. The first kappa shape index (κ1) is 11.2. The molecule has 0 saturated carbocycles. The van der Waals surface area contributed by atoms with Crippen LogP contribution >= 0.6 is 0 Å². The van der Waals surface area contributed by atoms with Gasteiger partial charge >= 0.3 is 5.97 Å². The molecule has 0 unspecified atom stereocenters. The summed E-state index contributed by atoms with van der Waals surface area (Å²) in [4.78, 5) is 20.8. The second-order valence-electron chi connectivity index (χ2n) is 2.74. The largest absolute Gasteiger partial charge is 0.475 e. The molecule has 15 heavy (non-hydrogen) atoms. The first-order valence-electron chi connectivity index (χ1n) is 3.82. The van der Waals surface area contributed by atoms with Crippen LogP contribution in [0.3, 0.4) is 0 Å². The molecule has 0 spiro atoms. The fourth-order valence-corrected chi connectivity index (χ4v) is 0.951. The molecular formula is C9H5F3O3. The number of aliphatic carboxylic acids is 1. The van der Waals surface area contributed by atoms with Gasteiger partial charge in [0, 0.05) is 6.42 Å². The minimum atomic E-state index is -1.75. The van der Waals surface area contributed by atoms with E-state index in [0.29, 0.717) is 6.07 Å². The van der Waals surface area contributed by atoms with E-state index in [-0.39, 0.29) is 0 Å². The highest BCUT2D eigenvalue weighted by atomic mass is 19.2. The summed E-state index contributed by atoms with van der Waals surface area (Å²) in [6, 6.07) is 1.46. The number of carbonyl (C=O) groups excluding carboxylic acids is 1. The first-order valence-corrected chi connectivity index (χ1v) is 3.82. The smallest absolute Gasteiger partial charge is 0.372 e. The van der Waals surface area contributed by atoms with Gasteiger partial charge in [-0.2, -0.15) is 0 Å². The quantitative estimate of drug-likeness (QED) is 0.614. The normalized spacial score (nSPS) is 10.1. The molecule has 1 rings (SSSR count). The van der Waals surface area contributed by atoms with Gasteiger partial charge < -0.3 is 5.11 Å². The van der Waals surface area contributed by atoms with Crippen molar-refractivity contribution in [1.82, 2.24) is 0 Å². The topological polar surface area (TPSA) is 54.4 Å². The van der Waals surface area contributed by atoms with Gasteiger partial charge in [0.15, 0.2) is 17.5 Å². The van der Waals surface area contributed by atoms with Gasteiger partial charge in [-0.3, -0.25) is 4.79 Å². The lowest BCUT2D eigenvalue weighted by Crippen LogP contribution is -2.16. The molecular weight excluding hydrogens is 213 g/mol. The van der Waals surface area contributed by atoms with Gasteiger partial charge in [0.05, 0.1) is 0 Å². The van der Waals surface area contributed by atoms with Crippen molar-refractivity contribution in [2.45, 2.75) is 6.42 Å². The number of carboxylic acids is 1. The zero-order valence-corrected chi connectivity index (χ0v) is 7.26. The molecule has 0 heterocycles. The lowest BCUT2D eigenvalue weighted by atomic mass is 10.1. The number of hydrogen-bond donors (Lipinski definition) is 1. The molecule has 0 radical (unpaired) electrons. The summed E-state index contributed by atoms with van der Waals surface area (Å²) in [5, 5.41) is 8.22. The zero-order valence-electron chi connectivity index (χ0n) is 7.26. The van der Waals surface area contributed by atoms with E-state index in [1.807, 2.05) is 0 Å². The van der Waals surface area contributed by atoms with Crippen molar-refractivity contribution in [1.29, 1.82) is 0 Å². The molecule has 0 atom stereocenters. The maximum Gasteiger partial charge on any atom is 0.372 e. The van der Waals surface area contributed by atoms with Crippen LogP contribution in [0.2, 0.25) is 0 Å². The molecule has 0 saturated heterocycles. The van der Waals surface area contributed by atoms with Gasteiger partial charge in [0.25, 0.3) is 0 Å². The third kappa shape index (κ3) is 2.34. The van der Waals surface area contributed by atoms with Gasteiger partial charge in [0.1, 0.15) is 0 Å². The van der Waals surface area contributed by atoms with Crippen LogP contribution in [-0.4, -0.2) is 16.9 Å². The summed E-state index contributed by atoms with van der Waals surface area (Å²) in [7, 11) is 0. The molecule has 0 fully saturated rings. The lowest BCUT2D eigenvalue weighted by Gasteiger charge is -2.01. The van der Waals surface area contributed by atoms with Gasteiger partial charge in [-0.1, -0.05) is 6.07 Å².